The van der Waals surface area contributed by atoms with E-state index in [1.165, 1.54) is 9.80 Å². The minimum absolute atomic E-state index is 0.334. The first-order valence-corrected chi connectivity index (χ1v) is 6.06. The average molecular weight is 304 g/mol. The Hall–Kier alpha value is -2.20. The largest absolute Gasteiger partial charge is 0.480 e. The van der Waals surface area contributed by atoms with Gasteiger partial charge in [0.15, 0.2) is 0 Å². The van der Waals surface area contributed by atoms with Crippen molar-refractivity contribution in [3.8, 4) is 0 Å². The highest BCUT2D eigenvalue weighted by Gasteiger charge is 2.47. The minimum Gasteiger partial charge on any atom is -0.480 e. The van der Waals surface area contributed by atoms with Crippen LogP contribution in [0.4, 0.5) is 0 Å². The van der Waals surface area contributed by atoms with E-state index in [4.69, 9.17) is 20.4 Å². The quantitative estimate of drug-likeness (QED) is 0.358. The Morgan fingerprint density at radius 1 is 0.667 bits per heavy atom. The second-order valence-corrected chi connectivity index (χ2v) is 4.76. The summed E-state index contributed by atoms with van der Waals surface area (Å²) in [6.45, 7) is -1.99. The zero-order valence-electron chi connectivity index (χ0n) is 11.0. The molecule has 0 aromatic rings. The first kappa shape index (κ1) is 16.9. The second kappa shape index (κ2) is 6.99. The van der Waals surface area contributed by atoms with Crippen LogP contribution < -0.4 is 0 Å². The molecule has 0 aromatic heterocycles. The van der Waals surface area contributed by atoms with Crippen LogP contribution in [-0.4, -0.2) is 92.4 Å². The summed E-state index contributed by atoms with van der Waals surface area (Å²) in [7, 11) is 0. The van der Waals surface area contributed by atoms with E-state index in [9.17, 15) is 19.2 Å². The smallest absolute Gasteiger partial charge is 0.317 e. The van der Waals surface area contributed by atoms with Gasteiger partial charge >= 0.3 is 23.9 Å². The van der Waals surface area contributed by atoms with Gasteiger partial charge in [-0.3, -0.25) is 29.0 Å². The topological polar surface area (TPSA) is 156 Å². The van der Waals surface area contributed by atoms with Crippen LogP contribution in [0, 0.1) is 0 Å². The number of aliphatic carboxylic acids is 4. The van der Waals surface area contributed by atoms with Crippen LogP contribution in [0.25, 0.3) is 0 Å². The number of hydrogen-bond donors (Lipinski definition) is 4. The third-order valence-corrected chi connectivity index (χ3v) is 3.02. The van der Waals surface area contributed by atoms with Crippen molar-refractivity contribution < 1.29 is 39.6 Å². The third kappa shape index (κ3) is 5.75. The molecule has 10 heteroatoms. The average Bonchev–Trinajstić information content (AvgIpc) is 3.03. The summed E-state index contributed by atoms with van der Waals surface area (Å²) < 4.78 is 0. The molecule has 1 aliphatic carbocycles. The molecule has 0 radical (unpaired) electrons. The number of carboxylic acids is 4. The third-order valence-electron chi connectivity index (χ3n) is 3.02. The number of carbonyl (C=O) groups is 4. The van der Waals surface area contributed by atoms with E-state index >= 15 is 0 Å². The van der Waals surface area contributed by atoms with E-state index in [1.54, 1.807) is 0 Å². The second-order valence-electron chi connectivity index (χ2n) is 4.76. The van der Waals surface area contributed by atoms with E-state index in [0.717, 1.165) is 0 Å². The normalized spacial score (nSPS) is 20.5. The van der Waals surface area contributed by atoms with Crippen molar-refractivity contribution in [3.05, 3.63) is 0 Å². The van der Waals surface area contributed by atoms with Crippen molar-refractivity contribution in [2.24, 2.45) is 0 Å². The first-order chi connectivity index (χ1) is 9.70. The Balaban J connectivity index is 2.71. The summed E-state index contributed by atoms with van der Waals surface area (Å²) >= 11 is 0. The van der Waals surface area contributed by atoms with Crippen LogP contribution in [0.3, 0.4) is 0 Å². The molecule has 0 unspecified atom stereocenters. The molecule has 118 valence electrons. The monoisotopic (exact) mass is 304 g/mol. The van der Waals surface area contributed by atoms with Crippen LogP contribution in [0.2, 0.25) is 0 Å². The van der Waals surface area contributed by atoms with Gasteiger partial charge in [-0.25, -0.2) is 0 Å². The van der Waals surface area contributed by atoms with E-state index in [-0.39, 0.29) is 0 Å². The van der Waals surface area contributed by atoms with Gasteiger partial charge in [-0.2, -0.15) is 0 Å². The van der Waals surface area contributed by atoms with Gasteiger partial charge in [0.2, 0.25) is 0 Å². The van der Waals surface area contributed by atoms with E-state index < -0.39 is 62.1 Å². The van der Waals surface area contributed by atoms with Crippen molar-refractivity contribution in [1.29, 1.82) is 0 Å². The van der Waals surface area contributed by atoms with Crippen LogP contribution in [0.15, 0.2) is 0 Å². The lowest BCUT2D eigenvalue weighted by Crippen LogP contribution is -2.43. The van der Waals surface area contributed by atoms with Gasteiger partial charge < -0.3 is 20.4 Å². The summed E-state index contributed by atoms with van der Waals surface area (Å²) in [5, 5.41) is 35.0. The molecule has 4 N–H and O–H groups in total. The lowest BCUT2D eigenvalue weighted by Gasteiger charge is -2.22. The highest BCUT2D eigenvalue weighted by molar-refractivity contribution is 5.74. The Kier molecular flexibility index (Phi) is 5.61. The molecule has 21 heavy (non-hydrogen) atoms. The number of carboxylic acid groups (broad SMARTS) is 4. The molecule has 1 rings (SSSR count). The molecule has 1 aliphatic rings. The lowest BCUT2D eigenvalue weighted by atomic mass is 10.4. The zero-order valence-corrected chi connectivity index (χ0v) is 11.0. The molecule has 0 aromatic carbocycles. The molecule has 10 nitrogen and oxygen atoms in total. The summed E-state index contributed by atoms with van der Waals surface area (Å²) in [6, 6.07) is -0.952. The van der Waals surface area contributed by atoms with Crippen LogP contribution in [0.1, 0.15) is 6.42 Å². The number of hydrogen-bond acceptors (Lipinski definition) is 6. The van der Waals surface area contributed by atoms with Gasteiger partial charge in [-0.15, -0.1) is 0 Å². The fraction of sp³-hybridized carbons (Fsp3) is 0.636. The standard InChI is InChI=1S/C11H16N2O8/c14-8(15)2-12(3-9(16)17)6-1-7(6)13(4-10(18)19)5-11(20)21/h6-7H,1-5H2,(H,14,15)(H,16,17)(H,18,19)(H,20,21)/t6-,7-/m0/s1. The lowest BCUT2D eigenvalue weighted by molar-refractivity contribution is -0.145. The van der Waals surface area contributed by atoms with Gasteiger partial charge in [-0.05, 0) is 6.42 Å². The maximum absolute atomic E-state index is 10.7. The highest BCUT2D eigenvalue weighted by atomic mass is 16.4. The van der Waals surface area contributed by atoms with Crippen LogP contribution >= 0.6 is 0 Å². The summed E-state index contributed by atoms with van der Waals surface area (Å²) in [4.78, 5) is 45.2. The highest BCUT2D eigenvalue weighted by Crippen LogP contribution is 2.33. The summed E-state index contributed by atoms with van der Waals surface area (Å²) in [6.07, 6.45) is 0.334. The van der Waals surface area contributed by atoms with Crippen LogP contribution in [-0.2, 0) is 19.2 Å². The Morgan fingerprint density at radius 3 is 1.10 bits per heavy atom. The van der Waals surface area contributed by atoms with Crippen molar-refractivity contribution in [2.45, 2.75) is 18.5 Å². The molecule has 0 bridgehead atoms. The Morgan fingerprint density at radius 2 is 0.905 bits per heavy atom. The maximum atomic E-state index is 10.7. The summed E-state index contributed by atoms with van der Waals surface area (Å²) in [5.74, 6) is -4.82. The number of nitrogens with zero attached hydrogens (tertiary/aromatic N) is 2. The molecule has 0 aliphatic heterocycles. The van der Waals surface area contributed by atoms with Crippen molar-refractivity contribution in [3.63, 3.8) is 0 Å². The van der Waals surface area contributed by atoms with E-state index in [2.05, 4.69) is 0 Å². The molecule has 0 amide bonds. The molecular weight excluding hydrogens is 288 g/mol. The Bertz CT molecular complexity index is 380. The number of rotatable bonds is 10. The molecule has 0 saturated heterocycles. The fourth-order valence-corrected chi connectivity index (χ4v) is 2.23. The van der Waals surface area contributed by atoms with Crippen LogP contribution in [0.5, 0.6) is 0 Å². The van der Waals surface area contributed by atoms with Gasteiger partial charge in [0.25, 0.3) is 0 Å². The van der Waals surface area contributed by atoms with Gasteiger partial charge in [-0.1, -0.05) is 0 Å². The van der Waals surface area contributed by atoms with Crippen molar-refractivity contribution in [2.75, 3.05) is 26.2 Å². The van der Waals surface area contributed by atoms with Crippen molar-refractivity contribution in [1.82, 2.24) is 9.80 Å². The zero-order chi connectivity index (χ0) is 16.2. The minimum atomic E-state index is -1.20. The molecular formula is C11H16N2O8. The van der Waals surface area contributed by atoms with Crippen molar-refractivity contribution >= 4 is 23.9 Å². The van der Waals surface area contributed by atoms with Gasteiger partial charge in [0.1, 0.15) is 0 Å². The maximum Gasteiger partial charge on any atom is 0.317 e. The predicted octanol–water partition coefficient (Wildman–Crippen LogP) is -1.93. The molecule has 0 heterocycles. The Labute approximate surface area is 119 Å². The SMILES string of the molecule is O=C(O)CN(CC(=O)O)[C@H]1C[C@@H]1N(CC(=O)O)CC(=O)O. The molecule has 0 spiro atoms. The van der Waals surface area contributed by atoms with E-state index in [1.807, 2.05) is 0 Å². The van der Waals surface area contributed by atoms with Gasteiger partial charge in [0.05, 0.1) is 26.2 Å². The fourth-order valence-electron chi connectivity index (χ4n) is 2.23. The predicted molar refractivity (Wildman–Crippen MR) is 65.9 cm³/mol. The molecule has 2 atom stereocenters. The van der Waals surface area contributed by atoms with E-state index in [0.29, 0.717) is 6.42 Å². The van der Waals surface area contributed by atoms with Gasteiger partial charge in [0, 0.05) is 12.1 Å². The summed E-state index contributed by atoms with van der Waals surface area (Å²) in [5.41, 5.74) is 0. The molecule has 1 fully saturated rings. The first-order valence-electron chi connectivity index (χ1n) is 6.06. The molecule has 1 saturated carbocycles.